The SMILES string of the molecule is CCOC(CCCNC(=O)OCC(C)O)OCC. The summed E-state index contributed by atoms with van der Waals surface area (Å²) in [5.74, 6) is 0. The maximum absolute atomic E-state index is 11.1. The largest absolute Gasteiger partial charge is 0.447 e. The summed E-state index contributed by atoms with van der Waals surface area (Å²) in [5.41, 5.74) is 0. The molecule has 1 atom stereocenters. The molecule has 108 valence electrons. The van der Waals surface area contributed by atoms with Crippen LogP contribution >= 0.6 is 0 Å². The second-order valence-corrected chi connectivity index (χ2v) is 3.86. The first kappa shape index (κ1) is 17.2. The van der Waals surface area contributed by atoms with Crippen molar-refractivity contribution in [3.8, 4) is 0 Å². The highest BCUT2D eigenvalue weighted by atomic mass is 16.7. The molecule has 0 saturated heterocycles. The van der Waals surface area contributed by atoms with E-state index in [1.54, 1.807) is 6.92 Å². The van der Waals surface area contributed by atoms with Gasteiger partial charge in [-0.1, -0.05) is 0 Å². The van der Waals surface area contributed by atoms with Crippen molar-refractivity contribution >= 4 is 6.09 Å². The van der Waals surface area contributed by atoms with E-state index < -0.39 is 12.2 Å². The number of nitrogens with one attached hydrogen (secondary N) is 1. The Labute approximate surface area is 109 Å². The van der Waals surface area contributed by atoms with E-state index in [1.165, 1.54) is 0 Å². The van der Waals surface area contributed by atoms with Gasteiger partial charge in [0, 0.05) is 26.2 Å². The summed E-state index contributed by atoms with van der Waals surface area (Å²) in [5, 5.41) is 11.5. The average Bonchev–Trinajstić information content (AvgIpc) is 2.32. The lowest BCUT2D eigenvalue weighted by atomic mass is 10.3. The van der Waals surface area contributed by atoms with Crippen molar-refractivity contribution in [1.82, 2.24) is 5.32 Å². The second-order valence-electron chi connectivity index (χ2n) is 3.86. The van der Waals surface area contributed by atoms with Gasteiger partial charge in [-0.15, -0.1) is 0 Å². The molecular weight excluding hydrogens is 238 g/mol. The van der Waals surface area contributed by atoms with Gasteiger partial charge in [0.2, 0.25) is 0 Å². The lowest BCUT2D eigenvalue weighted by Gasteiger charge is -2.16. The zero-order chi connectivity index (χ0) is 13.8. The van der Waals surface area contributed by atoms with E-state index in [1.807, 2.05) is 13.8 Å². The standard InChI is InChI=1S/C12H25NO5/c1-4-16-11(17-5-2)7-6-8-13-12(15)18-9-10(3)14/h10-11,14H,4-9H2,1-3H3,(H,13,15). The van der Waals surface area contributed by atoms with E-state index in [-0.39, 0.29) is 12.9 Å². The van der Waals surface area contributed by atoms with Crippen LogP contribution < -0.4 is 5.32 Å². The lowest BCUT2D eigenvalue weighted by molar-refractivity contribution is -0.139. The van der Waals surface area contributed by atoms with Gasteiger partial charge in [-0.05, 0) is 27.2 Å². The molecule has 0 aromatic carbocycles. The van der Waals surface area contributed by atoms with E-state index in [4.69, 9.17) is 19.3 Å². The molecule has 6 nitrogen and oxygen atoms in total. The first-order chi connectivity index (χ1) is 8.60. The first-order valence-electron chi connectivity index (χ1n) is 6.42. The maximum atomic E-state index is 11.1. The number of hydrogen-bond acceptors (Lipinski definition) is 5. The van der Waals surface area contributed by atoms with Crippen LogP contribution in [0.5, 0.6) is 0 Å². The summed E-state index contributed by atoms with van der Waals surface area (Å²) in [6.45, 7) is 7.10. The molecule has 0 aliphatic rings. The van der Waals surface area contributed by atoms with Crippen molar-refractivity contribution in [1.29, 1.82) is 0 Å². The van der Waals surface area contributed by atoms with Crippen LogP contribution in [0.1, 0.15) is 33.6 Å². The molecule has 6 heteroatoms. The molecule has 0 aliphatic carbocycles. The Kier molecular flexibility index (Phi) is 10.7. The Morgan fingerprint density at radius 3 is 2.39 bits per heavy atom. The summed E-state index contributed by atoms with van der Waals surface area (Å²) in [4.78, 5) is 11.1. The van der Waals surface area contributed by atoms with Crippen molar-refractivity contribution in [2.45, 2.75) is 46.0 Å². The molecule has 0 saturated carbocycles. The van der Waals surface area contributed by atoms with Crippen LogP contribution in [-0.2, 0) is 14.2 Å². The Balaban J connectivity index is 3.54. The Morgan fingerprint density at radius 2 is 1.89 bits per heavy atom. The van der Waals surface area contributed by atoms with Crippen molar-refractivity contribution in [2.24, 2.45) is 0 Å². The van der Waals surface area contributed by atoms with Gasteiger partial charge in [0.05, 0.1) is 6.10 Å². The summed E-state index contributed by atoms with van der Waals surface area (Å²) in [6, 6.07) is 0. The number of rotatable bonds is 10. The highest BCUT2D eigenvalue weighted by Gasteiger charge is 2.08. The topological polar surface area (TPSA) is 77.0 Å². The van der Waals surface area contributed by atoms with Gasteiger partial charge in [-0.25, -0.2) is 4.79 Å². The van der Waals surface area contributed by atoms with E-state index in [0.29, 0.717) is 19.8 Å². The van der Waals surface area contributed by atoms with E-state index in [0.717, 1.165) is 12.8 Å². The van der Waals surface area contributed by atoms with Gasteiger partial charge >= 0.3 is 6.09 Å². The molecule has 1 unspecified atom stereocenters. The molecule has 0 bridgehead atoms. The third-order valence-corrected chi connectivity index (χ3v) is 2.05. The molecule has 18 heavy (non-hydrogen) atoms. The molecule has 2 N–H and O–H groups in total. The fourth-order valence-corrected chi connectivity index (χ4v) is 1.29. The van der Waals surface area contributed by atoms with Gasteiger partial charge in [0.15, 0.2) is 6.29 Å². The number of aliphatic hydroxyl groups is 1. The molecule has 0 aromatic rings. The minimum atomic E-state index is -0.643. The van der Waals surface area contributed by atoms with Gasteiger partial charge in [0.25, 0.3) is 0 Å². The van der Waals surface area contributed by atoms with Crippen LogP contribution in [0, 0.1) is 0 Å². The summed E-state index contributed by atoms with van der Waals surface area (Å²) < 4.78 is 15.5. The Morgan fingerprint density at radius 1 is 1.28 bits per heavy atom. The molecule has 0 rings (SSSR count). The first-order valence-corrected chi connectivity index (χ1v) is 6.42. The Hall–Kier alpha value is -0.850. The minimum absolute atomic E-state index is 0.00630. The molecule has 0 fully saturated rings. The molecule has 0 radical (unpaired) electrons. The molecule has 0 heterocycles. The van der Waals surface area contributed by atoms with Crippen molar-refractivity contribution in [3.63, 3.8) is 0 Å². The molecule has 0 aromatic heterocycles. The van der Waals surface area contributed by atoms with Crippen molar-refractivity contribution in [3.05, 3.63) is 0 Å². The highest BCUT2D eigenvalue weighted by molar-refractivity contribution is 5.67. The number of ether oxygens (including phenoxy) is 3. The minimum Gasteiger partial charge on any atom is -0.447 e. The zero-order valence-corrected chi connectivity index (χ0v) is 11.5. The third kappa shape index (κ3) is 10.3. The smallest absolute Gasteiger partial charge is 0.407 e. The predicted molar refractivity (Wildman–Crippen MR) is 67.3 cm³/mol. The van der Waals surface area contributed by atoms with Gasteiger partial charge in [-0.2, -0.15) is 0 Å². The van der Waals surface area contributed by atoms with Crippen molar-refractivity contribution < 1.29 is 24.1 Å². The number of alkyl carbamates (subject to hydrolysis) is 1. The van der Waals surface area contributed by atoms with Gasteiger partial charge in [-0.3, -0.25) is 0 Å². The second kappa shape index (κ2) is 11.3. The van der Waals surface area contributed by atoms with Crippen LogP contribution in [0.4, 0.5) is 4.79 Å². The third-order valence-electron chi connectivity index (χ3n) is 2.05. The maximum Gasteiger partial charge on any atom is 0.407 e. The molecule has 0 spiro atoms. The van der Waals surface area contributed by atoms with Crippen LogP contribution in [0.25, 0.3) is 0 Å². The summed E-state index contributed by atoms with van der Waals surface area (Å²) in [6.07, 6.45) is 0.0962. The van der Waals surface area contributed by atoms with Gasteiger partial charge in [0.1, 0.15) is 6.61 Å². The fraction of sp³-hybridized carbons (Fsp3) is 0.917. The number of amides is 1. The quantitative estimate of drug-likeness (QED) is 0.458. The number of carbonyl (C=O) groups excluding carboxylic acids is 1. The van der Waals surface area contributed by atoms with Crippen molar-refractivity contribution in [2.75, 3.05) is 26.4 Å². The summed E-state index contributed by atoms with van der Waals surface area (Å²) >= 11 is 0. The average molecular weight is 263 g/mol. The van der Waals surface area contributed by atoms with Crippen LogP contribution in [0.15, 0.2) is 0 Å². The summed E-state index contributed by atoms with van der Waals surface area (Å²) in [7, 11) is 0. The van der Waals surface area contributed by atoms with Crippen LogP contribution in [0.3, 0.4) is 0 Å². The van der Waals surface area contributed by atoms with Crippen LogP contribution in [-0.4, -0.2) is 50.0 Å². The van der Waals surface area contributed by atoms with Crippen LogP contribution in [0.2, 0.25) is 0 Å². The normalized spacial score (nSPS) is 12.5. The van der Waals surface area contributed by atoms with E-state index >= 15 is 0 Å². The predicted octanol–water partition coefficient (Wildman–Crippen LogP) is 1.27. The molecular formula is C12H25NO5. The number of hydrogen-bond donors (Lipinski definition) is 2. The fourth-order valence-electron chi connectivity index (χ4n) is 1.29. The molecule has 0 aliphatic heterocycles. The number of aliphatic hydroxyl groups excluding tert-OH is 1. The molecule has 1 amide bonds. The monoisotopic (exact) mass is 263 g/mol. The highest BCUT2D eigenvalue weighted by Crippen LogP contribution is 2.03. The zero-order valence-electron chi connectivity index (χ0n) is 11.5. The lowest BCUT2D eigenvalue weighted by Crippen LogP contribution is -2.29. The number of carbonyl (C=O) groups is 1. The van der Waals surface area contributed by atoms with E-state index in [9.17, 15) is 4.79 Å². The van der Waals surface area contributed by atoms with Gasteiger partial charge < -0.3 is 24.6 Å². The Bertz CT molecular complexity index is 205. The van der Waals surface area contributed by atoms with E-state index in [2.05, 4.69) is 5.32 Å².